The number of hydrogen-bond donors (Lipinski definition) is 0. The topological polar surface area (TPSA) is 70.4 Å². The standard InChI is InChI=1S/C16H18N2O4.CH4/c1-11(13-7-5-4-6-8-13)18-10-17-9-14(18)16(20)22-12(2)15(19)21-3;/h4-12H,1-3H3;1H4/t11-,12+;/m1./s1. The lowest BCUT2D eigenvalue weighted by Gasteiger charge is -2.17. The Labute approximate surface area is 136 Å². The van der Waals surface area contributed by atoms with Crippen molar-refractivity contribution in [1.29, 1.82) is 0 Å². The number of carbonyl (C=O) groups is 2. The number of aromatic nitrogens is 2. The maximum Gasteiger partial charge on any atom is 0.357 e. The molecule has 0 aliphatic rings. The molecule has 2 rings (SSSR count). The van der Waals surface area contributed by atoms with E-state index in [1.807, 2.05) is 37.3 Å². The molecule has 0 saturated heterocycles. The largest absolute Gasteiger partial charge is 0.466 e. The quantitative estimate of drug-likeness (QED) is 0.793. The average Bonchev–Trinajstić information content (AvgIpc) is 3.03. The van der Waals surface area contributed by atoms with Crippen molar-refractivity contribution >= 4 is 11.9 Å². The van der Waals surface area contributed by atoms with Crippen LogP contribution in [-0.4, -0.2) is 34.7 Å². The van der Waals surface area contributed by atoms with Gasteiger partial charge in [-0.3, -0.25) is 0 Å². The molecule has 1 aromatic carbocycles. The van der Waals surface area contributed by atoms with E-state index in [4.69, 9.17) is 4.74 Å². The van der Waals surface area contributed by atoms with Crippen LogP contribution in [0.5, 0.6) is 0 Å². The predicted molar refractivity (Wildman–Crippen MR) is 86.1 cm³/mol. The number of hydrogen-bond acceptors (Lipinski definition) is 5. The minimum Gasteiger partial charge on any atom is -0.466 e. The Morgan fingerprint density at radius 3 is 2.43 bits per heavy atom. The summed E-state index contributed by atoms with van der Waals surface area (Å²) >= 11 is 0. The lowest BCUT2D eigenvalue weighted by Crippen LogP contribution is -2.26. The highest BCUT2D eigenvalue weighted by atomic mass is 16.6. The van der Waals surface area contributed by atoms with Crippen LogP contribution in [0, 0.1) is 0 Å². The molecule has 6 heteroatoms. The summed E-state index contributed by atoms with van der Waals surface area (Å²) in [5.74, 6) is -1.21. The molecule has 1 heterocycles. The van der Waals surface area contributed by atoms with Gasteiger partial charge in [0.25, 0.3) is 0 Å². The number of imidazole rings is 1. The van der Waals surface area contributed by atoms with Crippen LogP contribution >= 0.6 is 0 Å². The van der Waals surface area contributed by atoms with E-state index in [9.17, 15) is 9.59 Å². The smallest absolute Gasteiger partial charge is 0.357 e. The molecule has 2 atom stereocenters. The van der Waals surface area contributed by atoms with Gasteiger partial charge in [-0.1, -0.05) is 37.8 Å². The van der Waals surface area contributed by atoms with Crippen LogP contribution < -0.4 is 0 Å². The van der Waals surface area contributed by atoms with Gasteiger partial charge in [0.15, 0.2) is 6.10 Å². The van der Waals surface area contributed by atoms with Crippen LogP contribution in [0.1, 0.15) is 43.4 Å². The number of esters is 2. The fourth-order valence-electron chi connectivity index (χ4n) is 2.10. The number of nitrogens with zero attached hydrogens (tertiary/aromatic N) is 2. The second-order valence-corrected chi connectivity index (χ2v) is 4.84. The van der Waals surface area contributed by atoms with Crippen molar-refractivity contribution < 1.29 is 19.1 Å². The summed E-state index contributed by atoms with van der Waals surface area (Å²) in [6.45, 7) is 3.42. The molecule has 124 valence electrons. The Balaban J connectivity index is 0.00000264. The van der Waals surface area contributed by atoms with Crippen LogP contribution in [0.2, 0.25) is 0 Å². The minimum atomic E-state index is -0.965. The van der Waals surface area contributed by atoms with Crippen molar-refractivity contribution in [2.45, 2.75) is 33.4 Å². The van der Waals surface area contributed by atoms with Crippen LogP contribution in [-0.2, 0) is 14.3 Å². The molecular formula is C17H22N2O4. The molecule has 6 nitrogen and oxygen atoms in total. The normalized spacial score (nSPS) is 12.7. The van der Waals surface area contributed by atoms with Gasteiger partial charge in [0.05, 0.1) is 25.7 Å². The second kappa shape index (κ2) is 8.12. The summed E-state index contributed by atoms with van der Waals surface area (Å²) in [6.07, 6.45) is 2.02. The highest BCUT2D eigenvalue weighted by molar-refractivity contribution is 5.89. The number of methoxy groups -OCH3 is 1. The molecular weight excluding hydrogens is 296 g/mol. The monoisotopic (exact) mass is 318 g/mol. The summed E-state index contributed by atoms with van der Waals surface area (Å²) < 4.78 is 11.3. The van der Waals surface area contributed by atoms with E-state index in [-0.39, 0.29) is 19.2 Å². The van der Waals surface area contributed by atoms with Gasteiger partial charge >= 0.3 is 11.9 Å². The Hall–Kier alpha value is -2.63. The summed E-state index contributed by atoms with van der Waals surface area (Å²) in [4.78, 5) is 27.5. The van der Waals surface area contributed by atoms with Crippen molar-refractivity contribution in [3.05, 3.63) is 54.1 Å². The minimum absolute atomic E-state index is 0. The molecule has 0 aliphatic heterocycles. The predicted octanol–water partition coefficient (Wildman–Crippen LogP) is 2.85. The van der Waals surface area contributed by atoms with Gasteiger partial charge in [-0.05, 0) is 19.4 Å². The number of carbonyl (C=O) groups excluding carboxylic acids is 2. The highest BCUT2D eigenvalue weighted by Gasteiger charge is 2.23. The molecule has 0 unspecified atom stereocenters. The van der Waals surface area contributed by atoms with Gasteiger partial charge < -0.3 is 14.0 Å². The van der Waals surface area contributed by atoms with Crippen molar-refractivity contribution in [2.24, 2.45) is 0 Å². The SMILES string of the molecule is C.COC(=O)[C@H](C)OC(=O)c1cncn1[C@H](C)c1ccccc1. The van der Waals surface area contributed by atoms with E-state index in [0.717, 1.165) is 5.56 Å². The van der Waals surface area contributed by atoms with E-state index in [1.165, 1.54) is 20.2 Å². The van der Waals surface area contributed by atoms with E-state index in [1.54, 1.807) is 10.9 Å². The Kier molecular flexibility index (Phi) is 6.50. The van der Waals surface area contributed by atoms with Crippen molar-refractivity contribution in [2.75, 3.05) is 7.11 Å². The lowest BCUT2D eigenvalue weighted by atomic mass is 10.1. The maximum absolute atomic E-state index is 12.2. The Morgan fingerprint density at radius 1 is 1.17 bits per heavy atom. The lowest BCUT2D eigenvalue weighted by molar-refractivity contribution is -0.149. The third kappa shape index (κ3) is 4.18. The third-order valence-corrected chi connectivity index (χ3v) is 3.39. The molecule has 0 amide bonds. The molecule has 1 aromatic heterocycles. The van der Waals surface area contributed by atoms with Gasteiger partial charge in [0.2, 0.25) is 0 Å². The zero-order chi connectivity index (χ0) is 16.1. The first-order valence-corrected chi connectivity index (χ1v) is 6.90. The van der Waals surface area contributed by atoms with Crippen LogP contribution in [0.3, 0.4) is 0 Å². The Morgan fingerprint density at radius 2 is 1.83 bits per heavy atom. The highest BCUT2D eigenvalue weighted by Crippen LogP contribution is 2.20. The first kappa shape index (κ1) is 18.4. The summed E-state index contributed by atoms with van der Waals surface area (Å²) in [5.41, 5.74) is 1.32. The second-order valence-electron chi connectivity index (χ2n) is 4.84. The molecule has 0 fully saturated rings. The van der Waals surface area contributed by atoms with E-state index in [2.05, 4.69) is 9.72 Å². The van der Waals surface area contributed by atoms with Gasteiger partial charge in [-0.15, -0.1) is 0 Å². The van der Waals surface area contributed by atoms with Gasteiger partial charge in [0, 0.05) is 0 Å². The number of rotatable bonds is 5. The molecule has 0 N–H and O–H groups in total. The Bertz CT molecular complexity index is 652. The molecule has 0 bridgehead atoms. The molecule has 0 radical (unpaired) electrons. The van der Waals surface area contributed by atoms with Crippen molar-refractivity contribution in [1.82, 2.24) is 9.55 Å². The first-order valence-electron chi connectivity index (χ1n) is 6.90. The average molecular weight is 318 g/mol. The molecule has 23 heavy (non-hydrogen) atoms. The zero-order valence-electron chi connectivity index (χ0n) is 12.7. The fourth-order valence-corrected chi connectivity index (χ4v) is 2.10. The molecule has 0 aliphatic carbocycles. The number of benzene rings is 1. The fraction of sp³-hybridized carbons (Fsp3) is 0.353. The summed E-state index contributed by atoms with van der Waals surface area (Å²) in [7, 11) is 1.24. The van der Waals surface area contributed by atoms with Crippen LogP contribution in [0.15, 0.2) is 42.9 Å². The van der Waals surface area contributed by atoms with Gasteiger partial charge in [-0.2, -0.15) is 0 Å². The van der Waals surface area contributed by atoms with Gasteiger partial charge in [-0.25, -0.2) is 14.6 Å². The summed E-state index contributed by atoms with van der Waals surface area (Å²) in [6, 6.07) is 9.64. The molecule has 2 aromatic rings. The van der Waals surface area contributed by atoms with Gasteiger partial charge in [0.1, 0.15) is 5.69 Å². The van der Waals surface area contributed by atoms with Crippen molar-refractivity contribution in [3.8, 4) is 0 Å². The van der Waals surface area contributed by atoms with Crippen LogP contribution in [0.25, 0.3) is 0 Å². The summed E-state index contributed by atoms with van der Waals surface area (Å²) in [5, 5.41) is 0. The van der Waals surface area contributed by atoms with E-state index in [0.29, 0.717) is 0 Å². The zero-order valence-corrected chi connectivity index (χ0v) is 12.7. The third-order valence-electron chi connectivity index (χ3n) is 3.39. The molecule has 0 saturated carbocycles. The van der Waals surface area contributed by atoms with E-state index < -0.39 is 18.0 Å². The van der Waals surface area contributed by atoms with E-state index >= 15 is 0 Å². The van der Waals surface area contributed by atoms with Crippen LogP contribution in [0.4, 0.5) is 0 Å². The van der Waals surface area contributed by atoms with Crippen molar-refractivity contribution in [3.63, 3.8) is 0 Å². The first-order chi connectivity index (χ1) is 10.5. The molecule has 0 spiro atoms. The number of ether oxygens (including phenoxy) is 2. The maximum atomic E-state index is 12.2.